The van der Waals surface area contributed by atoms with Gasteiger partial charge < -0.3 is 10.0 Å². The number of benzene rings is 1. The summed E-state index contributed by atoms with van der Waals surface area (Å²) in [5.41, 5.74) is 1.99. The number of carboxylic acid groups (broad SMARTS) is 1. The third-order valence-electron chi connectivity index (χ3n) is 4.36. The molecule has 0 aliphatic heterocycles. The van der Waals surface area contributed by atoms with E-state index >= 15 is 0 Å². The molecular formula is C17H26N2O2. The molecule has 1 aliphatic carbocycles. The minimum atomic E-state index is -0.794. The zero-order valence-electron chi connectivity index (χ0n) is 13.0. The lowest BCUT2D eigenvalue weighted by Gasteiger charge is -2.23. The van der Waals surface area contributed by atoms with Crippen LogP contribution < -0.4 is 10.2 Å². The second-order valence-corrected chi connectivity index (χ2v) is 5.68. The van der Waals surface area contributed by atoms with Crippen LogP contribution >= 0.6 is 0 Å². The monoisotopic (exact) mass is 290 g/mol. The number of carboxylic acids is 1. The summed E-state index contributed by atoms with van der Waals surface area (Å²) >= 11 is 0. The number of carbonyl (C=O) groups is 1. The number of hydrogen-bond donors (Lipinski definition) is 2. The molecule has 0 spiro atoms. The Kier molecular flexibility index (Phi) is 5.62. The first-order valence-corrected chi connectivity index (χ1v) is 7.99. The maximum Gasteiger partial charge on any atom is 0.325 e. The highest BCUT2D eigenvalue weighted by Gasteiger charge is 2.25. The van der Waals surface area contributed by atoms with Crippen LogP contribution in [0.3, 0.4) is 0 Å². The molecule has 0 radical (unpaired) electrons. The number of anilines is 1. The molecule has 21 heavy (non-hydrogen) atoms. The van der Waals surface area contributed by atoms with E-state index < -0.39 is 12.0 Å². The number of aliphatic carboxylic acids is 1. The summed E-state index contributed by atoms with van der Waals surface area (Å²) < 4.78 is 0. The first-order chi connectivity index (χ1) is 10.2. The fourth-order valence-electron chi connectivity index (χ4n) is 3.10. The van der Waals surface area contributed by atoms with Gasteiger partial charge in [0, 0.05) is 24.8 Å². The van der Waals surface area contributed by atoms with E-state index in [0.29, 0.717) is 6.04 Å². The average molecular weight is 290 g/mol. The molecule has 0 aromatic heterocycles. The van der Waals surface area contributed by atoms with Crippen LogP contribution in [0.5, 0.6) is 0 Å². The van der Waals surface area contributed by atoms with E-state index in [1.54, 1.807) is 0 Å². The Hall–Kier alpha value is -1.55. The summed E-state index contributed by atoms with van der Waals surface area (Å²) in [7, 11) is 0. The van der Waals surface area contributed by atoms with Gasteiger partial charge in [-0.3, -0.25) is 10.1 Å². The molecule has 1 aliphatic rings. The lowest BCUT2D eigenvalue weighted by Crippen LogP contribution is -2.35. The van der Waals surface area contributed by atoms with Gasteiger partial charge in [0.2, 0.25) is 0 Å². The molecule has 116 valence electrons. The van der Waals surface area contributed by atoms with Gasteiger partial charge in [-0.15, -0.1) is 0 Å². The van der Waals surface area contributed by atoms with Gasteiger partial charge in [-0.05, 0) is 44.4 Å². The molecular weight excluding hydrogens is 264 g/mol. The van der Waals surface area contributed by atoms with Crippen molar-refractivity contribution in [1.82, 2.24) is 5.32 Å². The fourth-order valence-corrected chi connectivity index (χ4v) is 3.10. The number of nitrogens with zero attached hydrogens (tertiary/aromatic N) is 1. The lowest BCUT2D eigenvalue weighted by molar-refractivity contribution is -0.139. The minimum absolute atomic E-state index is 0.341. The Morgan fingerprint density at radius 2 is 1.81 bits per heavy atom. The normalized spacial score (nSPS) is 16.9. The molecule has 0 heterocycles. The van der Waals surface area contributed by atoms with Crippen molar-refractivity contribution < 1.29 is 9.90 Å². The van der Waals surface area contributed by atoms with Crippen molar-refractivity contribution in [3.63, 3.8) is 0 Å². The van der Waals surface area contributed by atoms with E-state index in [1.807, 2.05) is 24.3 Å². The highest BCUT2D eigenvalue weighted by atomic mass is 16.4. The summed E-state index contributed by atoms with van der Waals surface area (Å²) in [6.45, 7) is 6.16. The van der Waals surface area contributed by atoms with Crippen molar-refractivity contribution in [2.75, 3.05) is 18.0 Å². The number of nitrogens with one attached hydrogen (secondary N) is 1. The Balaban J connectivity index is 2.11. The van der Waals surface area contributed by atoms with Crippen molar-refractivity contribution in [1.29, 1.82) is 0 Å². The molecule has 1 aromatic rings. The number of hydrogen-bond acceptors (Lipinski definition) is 3. The average Bonchev–Trinajstić information content (AvgIpc) is 3.00. The molecule has 1 saturated carbocycles. The highest BCUT2D eigenvalue weighted by Crippen LogP contribution is 2.24. The Bertz CT molecular complexity index is 448. The summed E-state index contributed by atoms with van der Waals surface area (Å²) in [6, 6.07) is 7.67. The van der Waals surface area contributed by atoms with E-state index in [1.165, 1.54) is 12.8 Å². The Morgan fingerprint density at radius 1 is 1.24 bits per heavy atom. The molecule has 0 saturated heterocycles. The van der Waals surface area contributed by atoms with Crippen molar-refractivity contribution >= 4 is 11.7 Å². The largest absolute Gasteiger partial charge is 0.480 e. The molecule has 1 fully saturated rings. The van der Waals surface area contributed by atoms with E-state index in [-0.39, 0.29) is 0 Å². The maximum absolute atomic E-state index is 11.5. The van der Waals surface area contributed by atoms with Crippen LogP contribution in [0.2, 0.25) is 0 Å². The van der Waals surface area contributed by atoms with Gasteiger partial charge in [0.25, 0.3) is 0 Å². The topological polar surface area (TPSA) is 52.6 Å². The van der Waals surface area contributed by atoms with Crippen LogP contribution in [0.1, 0.15) is 51.1 Å². The highest BCUT2D eigenvalue weighted by molar-refractivity contribution is 5.75. The smallest absolute Gasteiger partial charge is 0.325 e. The van der Waals surface area contributed by atoms with Crippen molar-refractivity contribution in [3.05, 3.63) is 29.8 Å². The summed E-state index contributed by atoms with van der Waals surface area (Å²) in [4.78, 5) is 13.8. The van der Waals surface area contributed by atoms with E-state index in [2.05, 4.69) is 24.1 Å². The fraction of sp³-hybridized carbons (Fsp3) is 0.588. The molecule has 1 atom stereocenters. The molecule has 2 N–H and O–H groups in total. The van der Waals surface area contributed by atoms with Gasteiger partial charge in [0.05, 0.1) is 0 Å². The van der Waals surface area contributed by atoms with Gasteiger partial charge in [-0.2, -0.15) is 0 Å². The lowest BCUT2D eigenvalue weighted by atomic mass is 10.0. The zero-order valence-corrected chi connectivity index (χ0v) is 13.0. The predicted octanol–water partition coefficient (Wildman–Crippen LogP) is 3.19. The van der Waals surface area contributed by atoms with Gasteiger partial charge in [-0.1, -0.05) is 25.0 Å². The van der Waals surface area contributed by atoms with Crippen molar-refractivity contribution in [2.45, 2.75) is 51.6 Å². The zero-order chi connectivity index (χ0) is 15.2. The summed E-state index contributed by atoms with van der Waals surface area (Å²) in [5.74, 6) is -0.794. The Labute approximate surface area is 127 Å². The minimum Gasteiger partial charge on any atom is -0.480 e. The summed E-state index contributed by atoms with van der Waals surface area (Å²) in [5, 5.41) is 12.8. The first kappa shape index (κ1) is 15.8. The van der Waals surface area contributed by atoms with Gasteiger partial charge in [0.15, 0.2) is 0 Å². The third kappa shape index (κ3) is 3.97. The van der Waals surface area contributed by atoms with Gasteiger partial charge >= 0.3 is 5.97 Å². The summed E-state index contributed by atoms with van der Waals surface area (Å²) in [6.07, 6.45) is 4.57. The van der Waals surface area contributed by atoms with Crippen LogP contribution in [0.25, 0.3) is 0 Å². The van der Waals surface area contributed by atoms with Gasteiger partial charge in [-0.25, -0.2) is 0 Å². The van der Waals surface area contributed by atoms with Crippen LogP contribution in [-0.4, -0.2) is 30.2 Å². The maximum atomic E-state index is 11.5. The molecule has 0 bridgehead atoms. The Morgan fingerprint density at radius 3 is 2.29 bits per heavy atom. The van der Waals surface area contributed by atoms with Crippen LogP contribution in [-0.2, 0) is 4.79 Å². The van der Waals surface area contributed by atoms with Crippen molar-refractivity contribution in [2.24, 2.45) is 0 Å². The van der Waals surface area contributed by atoms with E-state index in [4.69, 9.17) is 0 Å². The van der Waals surface area contributed by atoms with Crippen LogP contribution in [0.15, 0.2) is 24.3 Å². The van der Waals surface area contributed by atoms with Crippen LogP contribution in [0.4, 0.5) is 5.69 Å². The molecule has 4 heteroatoms. The van der Waals surface area contributed by atoms with E-state index in [9.17, 15) is 9.90 Å². The quantitative estimate of drug-likeness (QED) is 0.810. The van der Waals surface area contributed by atoms with E-state index in [0.717, 1.165) is 37.2 Å². The number of rotatable bonds is 7. The molecule has 4 nitrogen and oxygen atoms in total. The SMILES string of the molecule is CCN(CC)c1ccc(C(NC2CCCC2)C(=O)O)cc1. The van der Waals surface area contributed by atoms with Gasteiger partial charge in [0.1, 0.15) is 6.04 Å². The third-order valence-corrected chi connectivity index (χ3v) is 4.36. The molecule has 0 amide bonds. The molecule has 1 unspecified atom stereocenters. The van der Waals surface area contributed by atoms with Crippen LogP contribution in [0, 0.1) is 0 Å². The molecule has 1 aromatic carbocycles. The molecule has 2 rings (SSSR count). The second-order valence-electron chi connectivity index (χ2n) is 5.68. The first-order valence-electron chi connectivity index (χ1n) is 7.99. The standard InChI is InChI=1S/C17H26N2O2/c1-3-19(4-2)15-11-9-13(10-12-15)16(17(20)21)18-14-7-5-6-8-14/h9-12,14,16,18H,3-8H2,1-2H3,(H,20,21). The predicted molar refractivity (Wildman–Crippen MR) is 85.8 cm³/mol. The second kappa shape index (κ2) is 7.46. The van der Waals surface area contributed by atoms with Crippen molar-refractivity contribution in [3.8, 4) is 0 Å².